The summed E-state index contributed by atoms with van der Waals surface area (Å²) in [5, 5.41) is 0.729. The van der Waals surface area contributed by atoms with Crippen molar-refractivity contribution in [3.63, 3.8) is 0 Å². The van der Waals surface area contributed by atoms with Crippen molar-refractivity contribution in [1.82, 2.24) is 9.55 Å². The smallest absolute Gasteiger partial charge is 0.106 e. The Morgan fingerprint density at radius 3 is 2.85 bits per heavy atom. The van der Waals surface area contributed by atoms with Crippen molar-refractivity contribution in [2.24, 2.45) is 7.05 Å². The van der Waals surface area contributed by atoms with Crippen LogP contribution in [0.25, 0.3) is 11.0 Å². The van der Waals surface area contributed by atoms with Crippen LogP contribution >= 0.6 is 27.5 Å². The number of halogens is 2. The van der Waals surface area contributed by atoms with Gasteiger partial charge in [-0.1, -0.05) is 27.5 Å². The molecule has 0 aliphatic heterocycles. The lowest BCUT2D eigenvalue weighted by molar-refractivity contribution is 0.886. The number of aryl methyl sites for hydroxylation is 2. The van der Waals surface area contributed by atoms with Gasteiger partial charge in [-0.05, 0) is 19.1 Å². The second-order valence-electron chi connectivity index (χ2n) is 2.97. The van der Waals surface area contributed by atoms with Crippen molar-refractivity contribution in [2.75, 3.05) is 0 Å². The molecular weight excluding hydrogens is 251 g/mol. The molecule has 68 valence electrons. The molecule has 0 saturated heterocycles. The van der Waals surface area contributed by atoms with Gasteiger partial charge in [0.1, 0.15) is 5.82 Å². The Kier molecular flexibility index (Phi) is 2.08. The van der Waals surface area contributed by atoms with E-state index in [0.717, 1.165) is 26.4 Å². The number of imidazole rings is 1. The van der Waals surface area contributed by atoms with E-state index in [-0.39, 0.29) is 0 Å². The van der Waals surface area contributed by atoms with Crippen molar-refractivity contribution in [3.05, 3.63) is 27.5 Å². The maximum Gasteiger partial charge on any atom is 0.106 e. The Morgan fingerprint density at radius 2 is 2.15 bits per heavy atom. The third-order valence-electron chi connectivity index (χ3n) is 2.11. The van der Waals surface area contributed by atoms with E-state index >= 15 is 0 Å². The summed E-state index contributed by atoms with van der Waals surface area (Å²) in [7, 11) is 1.96. The van der Waals surface area contributed by atoms with E-state index in [1.807, 2.05) is 30.7 Å². The summed E-state index contributed by atoms with van der Waals surface area (Å²) in [6.45, 7) is 1.96. The Morgan fingerprint density at radius 1 is 1.46 bits per heavy atom. The second kappa shape index (κ2) is 3.00. The minimum Gasteiger partial charge on any atom is -0.330 e. The molecule has 0 fully saturated rings. The number of nitrogens with zero attached hydrogens (tertiary/aromatic N) is 2. The van der Waals surface area contributed by atoms with Crippen molar-refractivity contribution in [2.45, 2.75) is 6.92 Å². The van der Waals surface area contributed by atoms with E-state index in [4.69, 9.17) is 11.6 Å². The van der Waals surface area contributed by atoms with Gasteiger partial charge in [0.25, 0.3) is 0 Å². The van der Waals surface area contributed by atoms with Crippen LogP contribution < -0.4 is 0 Å². The van der Waals surface area contributed by atoms with E-state index < -0.39 is 0 Å². The molecular formula is C9H8BrClN2. The fraction of sp³-hybridized carbons (Fsp3) is 0.222. The van der Waals surface area contributed by atoms with Gasteiger partial charge in [0, 0.05) is 11.5 Å². The number of benzene rings is 1. The lowest BCUT2D eigenvalue weighted by Gasteiger charge is -1.99. The first-order valence-electron chi connectivity index (χ1n) is 3.87. The quantitative estimate of drug-likeness (QED) is 0.710. The van der Waals surface area contributed by atoms with Crippen LogP contribution in [0.15, 0.2) is 16.6 Å². The van der Waals surface area contributed by atoms with Crippen molar-refractivity contribution in [3.8, 4) is 0 Å². The highest BCUT2D eigenvalue weighted by Crippen LogP contribution is 2.27. The monoisotopic (exact) mass is 258 g/mol. The summed E-state index contributed by atoms with van der Waals surface area (Å²) >= 11 is 9.47. The summed E-state index contributed by atoms with van der Waals surface area (Å²) in [6.07, 6.45) is 0. The molecule has 2 rings (SSSR count). The van der Waals surface area contributed by atoms with Crippen molar-refractivity contribution >= 4 is 38.6 Å². The maximum absolute atomic E-state index is 6.09. The predicted molar refractivity (Wildman–Crippen MR) is 58.2 cm³/mol. The van der Waals surface area contributed by atoms with Gasteiger partial charge >= 0.3 is 0 Å². The molecule has 0 aliphatic rings. The molecule has 13 heavy (non-hydrogen) atoms. The molecule has 0 amide bonds. The van der Waals surface area contributed by atoms with Gasteiger partial charge < -0.3 is 4.57 Å². The molecule has 0 saturated carbocycles. The van der Waals surface area contributed by atoms with Crippen LogP contribution in [0, 0.1) is 6.92 Å². The molecule has 1 aromatic heterocycles. The number of fused-ring (bicyclic) bond motifs is 1. The van der Waals surface area contributed by atoms with E-state index in [1.54, 1.807) is 0 Å². The van der Waals surface area contributed by atoms with Crippen LogP contribution in [-0.2, 0) is 7.05 Å². The normalized spacial score (nSPS) is 11.1. The van der Waals surface area contributed by atoms with E-state index in [9.17, 15) is 0 Å². The Labute approximate surface area is 89.7 Å². The maximum atomic E-state index is 6.09. The molecule has 0 aliphatic carbocycles. The Hall–Kier alpha value is -0.540. The molecule has 0 atom stereocenters. The van der Waals surface area contributed by atoms with Gasteiger partial charge in [-0.3, -0.25) is 0 Å². The lowest BCUT2D eigenvalue weighted by Crippen LogP contribution is -1.90. The third-order valence-corrected chi connectivity index (χ3v) is 2.86. The van der Waals surface area contributed by atoms with Gasteiger partial charge in [-0.2, -0.15) is 0 Å². The number of hydrogen-bond donors (Lipinski definition) is 0. The first-order valence-corrected chi connectivity index (χ1v) is 5.05. The van der Waals surface area contributed by atoms with E-state index in [1.165, 1.54) is 0 Å². The average Bonchev–Trinajstić information content (AvgIpc) is 2.27. The lowest BCUT2D eigenvalue weighted by atomic mass is 10.3. The highest BCUT2D eigenvalue weighted by molar-refractivity contribution is 9.10. The Balaban J connectivity index is 2.94. The zero-order valence-electron chi connectivity index (χ0n) is 7.31. The molecule has 2 aromatic rings. The molecule has 4 heteroatoms. The van der Waals surface area contributed by atoms with Gasteiger partial charge in [0.05, 0.1) is 16.1 Å². The second-order valence-corrected chi connectivity index (χ2v) is 4.30. The summed E-state index contributed by atoms with van der Waals surface area (Å²) in [5.41, 5.74) is 1.92. The van der Waals surface area contributed by atoms with Gasteiger partial charge in [-0.25, -0.2) is 4.98 Å². The molecule has 0 spiro atoms. The molecule has 0 radical (unpaired) electrons. The molecule has 2 nitrogen and oxygen atoms in total. The average molecular weight is 260 g/mol. The SMILES string of the molecule is Cc1nc2cc(Br)cc(Cl)c2n1C. The van der Waals surface area contributed by atoms with E-state index in [0.29, 0.717) is 0 Å². The number of rotatable bonds is 0. The highest BCUT2D eigenvalue weighted by Gasteiger charge is 2.08. The van der Waals surface area contributed by atoms with E-state index in [2.05, 4.69) is 20.9 Å². The van der Waals surface area contributed by atoms with Crippen LogP contribution in [0.3, 0.4) is 0 Å². The largest absolute Gasteiger partial charge is 0.330 e. The predicted octanol–water partition coefficient (Wildman–Crippen LogP) is 3.30. The topological polar surface area (TPSA) is 17.8 Å². The zero-order chi connectivity index (χ0) is 9.59. The molecule has 0 unspecified atom stereocenters. The molecule has 1 heterocycles. The van der Waals surface area contributed by atoms with Crippen molar-refractivity contribution < 1.29 is 0 Å². The van der Waals surface area contributed by atoms with Crippen LogP contribution in [0.2, 0.25) is 5.02 Å². The number of hydrogen-bond acceptors (Lipinski definition) is 1. The first kappa shape index (κ1) is 9.03. The van der Waals surface area contributed by atoms with Gasteiger partial charge in [0.2, 0.25) is 0 Å². The van der Waals surface area contributed by atoms with Crippen LogP contribution in [-0.4, -0.2) is 9.55 Å². The van der Waals surface area contributed by atoms with Crippen LogP contribution in [0.1, 0.15) is 5.82 Å². The third kappa shape index (κ3) is 1.36. The summed E-state index contributed by atoms with van der Waals surface area (Å²) in [6, 6.07) is 3.85. The fourth-order valence-electron chi connectivity index (χ4n) is 1.38. The minimum atomic E-state index is 0.729. The molecule has 0 N–H and O–H groups in total. The first-order chi connectivity index (χ1) is 6.09. The summed E-state index contributed by atoms with van der Waals surface area (Å²) < 4.78 is 2.95. The van der Waals surface area contributed by atoms with Gasteiger partial charge in [-0.15, -0.1) is 0 Å². The van der Waals surface area contributed by atoms with Crippen LogP contribution in [0.5, 0.6) is 0 Å². The van der Waals surface area contributed by atoms with Gasteiger partial charge in [0.15, 0.2) is 0 Å². The summed E-state index contributed by atoms with van der Waals surface area (Å²) in [5.74, 6) is 0.968. The Bertz CT molecular complexity index is 476. The molecule has 0 bridgehead atoms. The van der Waals surface area contributed by atoms with Crippen molar-refractivity contribution in [1.29, 1.82) is 0 Å². The standard InChI is InChI=1S/C9H8BrClN2/c1-5-12-8-4-6(10)3-7(11)9(8)13(5)2/h3-4H,1-2H3. The molecule has 1 aromatic carbocycles. The zero-order valence-corrected chi connectivity index (χ0v) is 9.65. The summed E-state index contributed by atoms with van der Waals surface area (Å²) in [4.78, 5) is 4.38. The number of aromatic nitrogens is 2. The fourth-order valence-corrected chi connectivity index (χ4v) is 2.30. The minimum absolute atomic E-state index is 0.729. The van der Waals surface area contributed by atoms with Crippen LogP contribution in [0.4, 0.5) is 0 Å². The highest BCUT2D eigenvalue weighted by atomic mass is 79.9.